The lowest BCUT2D eigenvalue weighted by Crippen LogP contribution is -2.37. The number of benzene rings is 1. The Morgan fingerprint density at radius 3 is 2.67 bits per heavy atom. The number of aryl methyl sites for hydroxylation is 1. The number of hydrogen-bond donors (Lipinski definition) is 2. The van der Waals surface area contributed by atoms with Gasteiger partial charge in [-0.2, -0.15) is 0 Å². The van der Waals surface area contributed by atoms with Gasteiger partial charge in [-0.25, -0.2) is 4.99 Å². The van der Waals surface area contributed by atoms with Gasteiger partial charge >= 0.3 is 0 Å². The van der Waals surface area contributed by atoms with E-state index in [9.17, 15) is 0 Å². The molecule has 1 fully saturated rings. The average molecular weight is 447 g/mol. The van der Waals surface area contributed by atoms with E-state index < -0.39 is 0 Å². The van der Waals surface area contributed by atoms with Crippen molar-refractivity contribution in [3.05, 3.63) is 29.3 Å². The minimum Gasteiger partial charge on any atom is -0.491 e. The number of nitrogens with zero attached hydrogens (tertiary/aromatic N) is 1. The van der Waals surface area contributed by atoms with Gasteiger partial charge in [0.25, 0.3) is 0 Å². The van der Waals surface area contributed by atoms with Gasteiger partial charge in [-0.05, 0) is 45.2 Å². The van der Waals surface area contributed by atoms with Crippen LogP contribution in [-0.4, -0.2) is 38.4 Å². The lowest BCUT2D eigenvalue weighted by molar-refractivity contribution is 0.0676. The van der Waals surface area contributed by atoms with Crippen molar-refractivity contribution < 1.29 is 9.47 Å². The monoisotopic (exact) mass is 447 g/mol. The molecule has 1 aromatic rings. The number of guanidine groups is 1. The molecule has 0 radical (unpaired) electrons. The fourth-order valence-corrected chi connectivity index (χ4v) is 2.56. The van der Waals surface area contributed by atoms with E-state index in [0.717, 1.165) is 49.8 Å². The van der Waals surface area contributed by atoms with E-state index in [0.29, 0.717) is 13.2 Å². The van der Waals surface area contributed by atoms with Gasteiger partial charge in [-0.1, -0.05) is 12.1 Å². The summed E-state index contributed by atoms with van der Waals surface area (Å²) in [4.78, 5) is 4.63. The molecule has 0 saturated carbocycles. The Kier molecular flexibility index (Phi) is 10.1. The van der Waals surface area contributed by atoms with Gasteiger partial charge in [-0.3, -0.25) is 0 Å². The van der Waals surface area contributed by atoms with Gasteiger partial charge in [0.2, 0.25) is 0 Å². The maximum atomic E-state index is 6.02. The molecule has 0 bridgehead atoms. The summed E-state index contributed by atoms with van der Waals surface area (Å²) in [6, 6.07) is 6.28. The molecule has 136 valence electrons. The molecule has 1 saturated heterocycles. The van der Waals surface area contributed by atoms with Gasteiger partial charge in [0.15, 0.2) is 5.96 Å². The van der Waals surface area contributed by atoms with Crippen molar-refractivity contribution in [2.24, 2.45) is 4.99 Å². The highest BCUT2D eigenvalue weighted by Gasteiger charge is 2.16. The molecule has 0 amide bonds. The van der Waals surface area contributed by atoms with Crippen LogP contribution in [0.1, 0.15) is 37.8 Å². The summed E-state index contributed by atoms with van der Waals surface area (Å²) in [5.41, 5.74) is 2.29. The summed E-state index contributed by atoms with van der Waals surface area (Å²) in [7, 11) is 0. The highest BCUT2D eigenvalue weighted by Crippen LogP contribution is 2.23. The number of ether oxygens (including phenoxy) is 2. The highest BCUT2D eigenvalue weighted by molar-refractivity contribution is 14.0. The molecule has 0 aliphatic carbocycles. The summed E-state index contributed by atoms with van der Waals surface area (Å²) >= 11 is 0. The van der Waals surface area contributed by atoms with Crippen LogP contribution in [0.5, 0.6) is 5.75 Å². The van der Waals surface area contributed by atoms with Crippen LogP contribution in [0.2, 0.25) is 0 Å². The first-order chi connectivity index (χ1) is 11.2. The first-order valence-electron chi connectivity index (χ1n) is 8.59. The molecule has 1 atom stereocenters. The SMILES string of the molecule is CCNC(=NCc1ccc(C)cc1OCC1CCCO1)NCC.I. The molecular formula is C18H30IN3O2. The summed E-state index contributed by atoms with van der Waals surface area (Å²) in [5.74, 6) is 1.75. The summed E-state index contributed by atoms with van der Waals surface area (Å²) in [5, 5.41) is 6.48. The van der Waals surface area contributed by atoms with Gasteiger partial charge in [0.05, 0.1) is 12.6 Å². The number of halogens is 1. The zero-order valence-corrected chi connectivity index (χ0v) is 17.3. The minimum atomic E-state index is 0. The Labute approximate surface area is 162 Å². The van der Waals surface area contributed by atoms with Crippen molar-refractivity contribution in [1.29, 1.82) is 0 Å². The fourth-order valence-electron chi connectivity index (χ4n) is 2.56. The third-order valence-corrected chi connectivity index (χ3v) is 3.77. The van der Waals surface area contributed by atoms with E-state index >= 15 is 0 Å². The lowest BCUT2D eigenvalue weighted by atomic mass is 10.1. The number of hydrogen-bond acceptors (Lipinski definition) is 3. The number of nitrogens with one attached hydrogen (secondary N) is 2. The third-order valence-electron chi connectivity index (χ3n) is 3.77. The molecule has 24 heavy (non-hydrogen) atoms. The molecule has 1 aliphatic heterocycles. The molecule has 1 aliphatic rings. The van der Waals surface area contributed by atoms with E-state index in [-0.39, 0.29) is 30.1 Å². The first-order valence-corrected chi connectivity index (χ1v) is 8.59. The quantitative estimate of drug-likeness (QED) is 0.383. The van der Waals surface area contributed by atoms with Gasteiger partial charge < -0.3 is 20.1 Å². The van der Waals surface area contributed by atoms with Crippen LogP contribution in [0, 0.1) is 6.92 Å². The van der Waals surface area contributed by atoms with Crippen LogP contribution in [0.25, 0.3) is 0 Å². The lowest BCUT2D eigenvalue weighted by Gasteiger charge is -2.15. The van der Waals surface area contributed by atoms with Gasteiger partial charge in [-0.15, -0.1) is 24.0 Å². The van der Waals surface area contributed by atoms with E-state index in [1.54, 1.807) is 0 Å². The van der Waals surface area contributed by atoms with Crippen molar-refractivity contribution in [1.82, 2.24) is 10.6 Å². The molecule has 0 spiro atoms. The predicted molar refractivity (Wildman–Crippen MR) is 110 cm³/mol. The van der Waals surface area contributed by atoms with Crippen molar-refractivity contribution in [2.75, 3.05) is 26.3 Å². The van der Waals surface area contributed by atoms with Crippen molar-refractivity contribution in [3.63, 3.8) is 0 Å². The summed E-state index contributed by atoms with van der Waals surface area (Å²) in [6.07, 6.45) is 2.45. The van der Waals surface area contributed by atoms with E-state index in [2.05, 4.69) is 54.6 Å². The molecular weight excluding hydrogens is 417 g/mol. The van der Waals surface area contributed by atoms with Crippen molar-refractivity contribution in [2.45, 2.75) is 46.3 Å². The Morgan fingerprint density at radius 2 is 2.04 bits per heavy atom. The third kappa shape index (κ3) is 6.84. The molecule has 1 aromatic carbocycles. The Hall–Kier alpha value is -1.02. The zero-order chi connectivity index (χ0) is 16.5. The highest BCUT2D eigenvalue weighted by atomic mass is 127. The van der Waals surface area contributed by atoms with Crippen LogP contribution in [0.3, 0.4) is 0 Å². The summed E-state index contributed by atoms with van der Waals surface area (Å²) < 4.78 is 11.7. The first kappa shape index (κ1) is 21.0. The van der Waals surface area contributed by atoms with Crippen LogP contribution >= 0.6 is 24.0 Å². The van der Waals surface area contributed by atoms with Crippen molar-refractivity contribution >= 4 is 29.9 Å². The van der Waals surface area contributed by atoms with E-state index in [1.165, 1.54) is 5.56 Å². The summed E-state index contributed by atoms with van der Waals surface area (Å²) in [6.45, 7) is 9.97. The van der Waals surface area contributed by atoms with Crippen LogP contribution in [-0.2, 0) is 11.3 Å². The maximum Gasteiger partial charge on any atom is 0.191 e. The molecule has 2 rings (SSSR count). The largest absolute Gasteiger partial charge is 0.491 e. The Morgan fingerprint density at radius 1 is 1.29 bits per heavy atom. The van der Waals surface area contributed by atoms with E-state index in [1.807, 2.05) is 0 Å². The topological polar surface area (TPSA) is 54.9 Å². The molecule has 0 aromatic heterocycles. The standard InChI is InChI=1S/C18H29N3O2.HI/c1-4-19-18(20-5-2)21-12-15-9-8-14(3)11-17(15)23-13-16-7-6-10-22-16;/h8-9,11,16H,4-7,10,12-13H2,1-3H3,(H2,19,20,21);1H. The fraction of sp³-hybridized carbons (Fsp3) is 0.611. The second kappa shape index (κ2) is 11.5. The molecule has 2 N–H and O–H groups in total. The molecule has 1 heterocycles. The zero-order valence-electron chi connectivity index (χ0n) is 14.9. The minimum absolute atomic E-state index is 0. The Bertz CT molecular complexity index is 509. The second-order valence-corrected chi connectivity index (χ2v) is 5.78. The maximum absolute atomic E-state index is 6.02. The average Bonchev–Trinajstić information content (AvgIpc) is 3.05. The smallest absolute Gasteiger partial charge is 0.191 e. The van der Waals surface area contributed by atoms with Gasteiger partial charge in [0.1, 0.15) is 12.4 Å². The predicted octanol–water partition coefficient (Wildman–Crippen LogP) is 3.25. The van der Waals surface area contributed by atoms with Crippen LogP contribution in [0.15, 0.2) is 23.2 Å². The normalized spacial score (nSPS) is 16.2. The van der Waals surface area contributed by atoms with Crippen LogP contribution < -0.4 is 15.4 Å². The molecule has 6 heteroatoms. The van der Waals surface area contributed by atoms with E-state index in [4.69, 9.17) is 9.47 Å². The Balaban J connectivity index is 0.00000288. The van der Waals surface area contributed by atoms with Gasteiger partial charge in [0, 0.05) is 25.3 Å². The molecule has 1 unspecified atom stereocenters. The number of rotatable bonds is 7. The van der Waals surface area contributed by atoms with Crippen molar-refractivity contribution in [3.8, 4) is 5.75 Å². The molecule has 5 nitrogen and oxygen atoms in total. The second-order valence-electron chi connectivity index (χ2n) is 5.78. The number of aliphatic imine (C=N–C) groups is 1. The van der Waals surface area contributed by atoms with Crippen LogP contribution in [0.4, 0.5) is 0 Å².